The summed E-state index contributed by atoms with van der Waals surface area (Å²) in [7, 11) is 0. The Morgan fingerprint density at radius 2 is 1.92 bits per heavy atom. The summed E-state index contributed by atoms with van der Waals surface area (Å²) in [6.07, 6.45) is 0. The third-order valence-corrected chi connectivity index (χ3v) is 3.47. The lowest BCUT2D eigenvalue weighted by Gasteiger charge is -2.16. The molecule has 1 aromatic heterocycles. The number of benzene rings is 2. The van der Waals surface area contributed by atoms with Gasteiger partial charge in [0.2, 0.25) is 0 Å². The summed E-state index contributed by atoms with van der Waals surface area (Å²) in [5.74, 6) is 1.24. The summed E-state index contributed by atoms with van der Waals surface area (Å²) >= 11 is 0. The monoisotopic (exact) mass is 343 g/mol. The van der Waals surface area contributed by atoms with E-state index in [1.807, 2.05) is 25.1 Å². The van der Waals surface area contributed by atoms with Crippen molar-refractivity contribution in [3.8, 4) is 11.5 Å². The quantitative estimate of drug-likeness (QED) is 0.654. The SMILES string of the molecule is CCOc1cccc(CNc2nn[nH]n2)c1OCc1ccccc1F. The van der Waals surface area contributed by atoms with Crippen molar-refractivity contribution in [1.29, 1.82) is 0 Å². The molecular weight excluding hydrogens is 325 g/mol. The molecule has 2 aromatic carbocycles. The lowest BCUT2D eigenvalue weighted by Crippen LogP contribution is -2.07. The second-order valence-corrected chi connectivity index (χ2v) is 5.15. The van der Waals surface area contributed by atoms with Crippen molar-refractivity contribution >= 4 is 5.95 Å². The number of anilines is 1. The van der Waals surface area contributed by atoms with E-state index in [4.69, 9.17) is 9.47 Å². The second kappa shape index (κ2) is 8.09. The number of halogens is 1. The topological polar surface area (TPSA) is 85.0 Å². The third-order valence-electron chi connectivity index (χ3n) is 3.47. The minimum absolute atomic E-state index is 0.103. The van der Waals surface area contributed by atoms with Crippen molar-refractivity contribution < 1.29 is 13.9 Å². The fourth-order valence-electron chi connectivity index (χ4n) is 2.31. The number of rotatable bonds is 8. The average molecular weight is 343 g/mol. The first-order chi connectivity index (χ1) is 12.3. The molecule has 0 aliphatic carbocycles. The smallest absolute Gasteiger partial charge is 0.263 e. The van der Waals surface area contributed by atoms with Crippen molar-refractivity contribution in [2.45, 2.75) is 20.1 Å². The van der Waals surface area contributed by atoms with Crippen molar-refractivity contribution in [2.24, 2.45) is 0 Å². The Labute approximate surface area is 144 Å². The average Bonchev–Trinajstić information content (AvgIpc) is 3.14. The van der Waals surface area contributed by atoms with Gasteiger partial charge < -0.3 is 14.8 Å². The summed E-state index contributed by atoms with van der Waals surface area (Å²) in [5.41, 5.74) is 1.32. The van der Waals surface area contributed by atoms with Crippen LogP contribution in [0.25, 0.3) is 0 Å². The van der Waals surface area contributed by atoms with Crippen molar-refractivity contribution in [1.82, 2.24) is 20.6 Å². The number of ether oxygens (including phenoxy) is 2. The summed E-state index contributed by atoms with van der Waals surface area (Å²) in [4.78, 5) is 0. The number of H-pyrrole nitrogens is 1. The molecule has 0 saturated heterocycles. The molecule has 0 radical (unpaired) electrons. The molecule has 130 valence electrons. The van der Waals surface area contributed by atoms with Crippen LogP contribution in [0, 0.1) is 5.82 Å². The van der Waals surface area contributed by atoms with Gasteiger partial charge in [-0.15, -0.1) is 5.10 Å². The molecular formula is C17H18FN5O2. The molecule has 0 spiro atoms. The van der Waals surface area contributed by atoms with Gasteiger partial charge in [0.15, 0.2) is 11.5 Å². The maximum atomic E-state index is 13.8. The molecule has 3 rings (SSSR count). The van der Waals surface area contributed by atoms with E-state index in [0.717, 1.165) is 5.56 Å². The van der Waals surface area contributed by atoms with Crippen molar-refractivity contribution in [2.75, 3.05) is 11.9 Å². The third kappa shape index (κ3) is 4.23. The molecule has 0 atom stereocenters. The van der Waals surface area contributed by atoms with E-state index in [9.17, 15) is 4.39 Å². The van der Waals surface area contributed by atoms with Crippen LogP contribution in [0.2, 0.25) is 0 Å². The fourth-order valence-corrected chi connectivity index (χ4v) is 2.31. The minimum Gasteiger partial charge on any atom is -0.490 e. The molecule has 7 nitrogen and oxygen atoms in total. The zero-order valence-electron chi connectivity index (χ0n) is 13.7. The zero-order valence-corrected chi connectivity index (χ0v) is 13.7. The van der Waals surface area contributed by atoms with Crippen LogP contribution in [0.3, 0.4) is 0 Å². The molecule has 2 N–H and O–H groups in total. The van der Waals surface area contributed by atoms with Crippen LogP contribution in [0.5, 0.6) is 11.5 Å². The molecule has 0 aliphatic rings. The van der Waals surface area contributed by atoms with Crippen LogP contribution < -0.4 is 14.8 Å². The standard InChI is InChI=1S/C17H18FN5O2/c1-2-24-15-9-5-7-12(10-19-17-20-22-23-21-17)16(15)25-11-13-6-3-4-8-14(13)18/h3-9H,2,10-11H2,1H3,(H2,19,20,21,22,23). The van der Waals surface area contributed by atoms with Crippen LogP contribution in [0.4, 0.5) is 10.3 Å². The number of hydrogen-bond donors (Lipinski definition) is 2. The van der Waals surface area contributed by atoms with Gasteiger partial charge in [-0.25, -0.2) is 4.39 Å². The van der Waals surface area contributed by atoms with Crippen molar-refractivity contribution in [3.63, 3.8) is 0 Å². The van der Waals surface area contributed by atoms with Crippen LogP contribution in [0.15, 0.2) is 42.5 Å². The van der Waals surface area contributed by atoms with Gasteiger partial charge in [-0.1, -0.05) is 35.4 Å². The predicted molar refractivity (Wildman–Crippen MR) is 89.8 cm³/mol. The fraction of sp³-hybridized carbons (Fsp3) is 0.235. The predicted octanol–water partition coefficient (Wildman–Crippen LogP) is 2.93. The highest BCUT2D eigenvalue weighted by Crippen LogP contribution is 2.32. The number of nitrogens with zero attached hydrogens (tertiary/aromatic N) is 3. The Morgan fingerprint density at radius 3 is 2.68 bits per heavy atom. The Bertz CT molecular complexity index is 811. The molecule has 0 fully saturated rings. The van der Waals surface area contributed by atoms with Crippen LogP contribution in [0.1, 0.15) is 18.1 Å². The first-order valence-electron chi connectivity index (χ1n) is 7.86. The van der Waals surface area contributed by atoms with Gasteiger partial charge in [0.1, 0.15) is 12.4 Å². The summed E-state index contributed by atoms with van der Waals surface area (Å²) in [5, 5.41) is 16.6. The summed E-state index contributed by atoms with van der Waals surface area (Å²) in [6, 6.07) is 12.1. The molecule has 3 aromatic rings. The van der Waals surface area contributed by atoms with Crippen LogP contribution in [-0.2, 0) is 13.2 Å². The maximum Gasteiger partial charge on any atom is 0.263 e. The molecule has 0 bridgehead atoms. The molecule has 0 unspecified atom stereocenters. The number of tetrazole rings is 1. The lowest BCUT2D eigenvalue weighted by atomic mass is 10.1. The number of hydrogen-bond acceptors (Lipinski definition) is 6. The van der Waals surface area contributed by atoms with E-state index in [1.165, 1.54) is 6.07 Å². The number of aromatic nitrogens is 4. The van der Waals surface area contributed by atoms with E-state index in [-0.39, 0.29) is 12.4 Å². The van der Waals surface area contributed by atoms with E-state index < -0.39 is 0 Å². The second-order valence-electron chi connectivity index (χ2n) is 5.15. The first kappa shape index (κ1) is 16.7. The van der Waals surface area contributed by atoms with Gasteiger partial charge in [0.05, 0.1) is 6.61 Å². The Morgan fingerprint density at radius 1 is 1.08 bits per heavy atom. The van der Waals surface area contributed by atoms with Gasteiger partial charge in [-0.3, -0.25) is 0 Å². The largest absolute Gasteiger partial charge is 0.490 e. The Kier molecular flexibility index (Phi) is 5.40. The Hall–Kier alpha value is -3.16. The van der Waals surface area contributed by atoms with E-state index in [0.29, 0.717) is 36.2 Å². The number of para-hydroxylation sites is 1. The first-order valence-corrected chi connectivity index (χ1v) is 7.86. The summed E-state index contributed by atoms with van der Waals surface area (Å²) in [6.45, 7) is 2.90. The molecule has 0 saturated carbocycles. The molecule has 8 heteroatoms. The van der Waals surface area contributed by atoms with E-state index in [1.54, 1.807) is 18.2 Å². The number of aromatic amines is 1. The highest BCUT2D eigenvalue weighted by atomic mass is 19.1. The van der Waals surface area contributed by atoms with E-state index in [2.05, 4.69) is 25.9 Å². The van der Waals surface area contributed by atoms with Gasteiger partial charge in [0, 0.05) is 17.7 Å². The highest BCUT2D eigenvalue weighted by Gasteiger charge is 2.13. The van der Waals surface area contributed by atoms with Gasteiger partial charge in [-0.05, 0) is 24.3 Å². The number of nitrogens with one attached hydrogen (secondary N) is 2. The lowest BCUT2D eigenvalue weighted by molar-refractivity contribution is 0.263. The minimum atomic E-state index is -0.303. The van der Waals surface area contributed by atoms with Gasteiger partial charge in [-0.2, -0.15) is 5.21 Å². The van der Waals surface area contributed by atoms with Crippen LogP contribution >= 0.6 is 0 Å². The zero-order chi connectivity index (χ0) is 17.5. The highest BCUT2D eigenvalue weighted by molar-refractivity contribution is 5.48. The van der Waals surface area contributed by atoms with Crippen molar-refractivity contribution in [3.05, 3.63) is 59.4 Å². The normalized spacial score (nSPS) is 10.5. The maximum absolute atomic E-state index is 13.8. The van der Waals surface area contributed by atoms with E-state index >= 15 is 0 Å². The molecule has 1 heterocycles. The molecule has 0 aliphatic heterocycles. The van der Waals surface area contributed by atoms with Crippen LogP contribution in [-0.4, -0.2) is 27.2 Å². The summed E-state index contributed by atoms with van der Waals surface area (Å²) < 4.78 is 25.4. The Balaban J connectivity index is 1.79. The van der Waals surface area contributed by atoms with Gasteiger partial charge in [0.25, 0.3) is 5.95 Å². The molecule has 25 heavy (non-hydrogen) atoms. The molecule has 0 amide bonds. The van der Waals surface area contributed by atoms with Gasteiger partial charge >= 0.3 is 0 Å².